The Bertz CT molecular complexity index is 595. The summed E-state index contributed by atoms with van der Waals surface area (Å²) in [6.07, 6.45) is 1.61. The van der Waals surface area contributed by atoms with Gasteiger partial charge >= 0.3 is 5.97 Å². The molecule has 1 heterocycles. The Kier molecular flexibility index (Phi) is 4.20. The van der Waals surface area contributed by atoms with Gasteiger partial charge in [0.05, 0.1) is 17.9 Å². The van der Waals surface area contributed by atoms with E-state index in [1.54, 1.807) is 12.3 Å². The third kappa shape index (κ3) is 3.05. The third-order valence-electron chi connectivity index (χ3n) is 3.31. The average Bonchev–Trinajstić information content (AvgIpc) is 2.91. The van der Waals surface area contributed by atoms with Gasteiger partial charge < -0.3 is 9.52 Å². The summed E-state index contributed by atoms with van der Waals surface area (Å²) < 4.78 is 18.9. The number of nitrogens with zero attached hydrogens (tertiary/aromatic N) is 1. The number of carbonyl (C=O) groups is 1. The van der Waals surface area contributed by atoms with E-state index in [4.69, 9.17) is 9.52 Å². The van der Waals surface area contributed by atoms with Crippen LogP contribution in [0.15, 0.2) is 41.0 Å². The Morgan fingerprint density at radius 2 is 2.20 bits per heavy atom. The molecule has 0 saturated carbocycles. The van der Waals surface area contributed by atoms with E-state index in [-0.39, 0.29) is 11.6 Å². The highest BCUT2D eigenvalue weighted by Gasteiger charge is 2.16. The average molecular weight is 277 g/mol. The van der Waals surface area contributed by atoms with Crippen molar-refractivity contribution in [3.63, 3.8) is 0 Å². The molecule has 0 amide bonds. The normalized spacial score (nSPS) is 12.6. The summed E-state index contributed by atoms with van der Waals surface area (Å²) in [4.78, 5) is 12.8. The van der Waals surface area contributed by atoms with Gasteiger partial charge in [0, 0.05) is 6.54 Å². The quantitative estimate of drug-likeness (QED) is 0.911. The predicted molar refractivity (Wildman–Crippen MR) is 71.9 cm³/mol. The van der Waals surface area contributed by atoms with Crippen molar-refractivity contribution in [1.29, 1.82) is 0 Å². The van der Waals surface area contributed by atoms with Gasteiger partial charge in [0.15, 0.2) is 0 Å². The number of furan rings is 1. The number of hydrogen-bond acceptors (Lipinski definition) is 3. The summed E-state index contributed by atoms with van der Waals surface area (Å²) in [5, 5.41) is 8.79. The number of aromatic carboxylic acids is 1. The van der Waals surface area contributed by atoms with Crippen LogP contribution in [0.5, 0.6) is 0 Å². The summed E-state index contributed by atoms with van der Waals surface area (Å²) in [5.74, 6) is -1.14. The maximum atomic E-state index is 13.6. The molecule has 20 heavy (non-hydrogen) atoms. The molecule has 5 heteroatoms. The molecule has 1 unspecified atom stereocenters. The Hall–Kier alpha value is -2.14. The van der Waals surface area contributed by atoms with Gasteiger partial charge in [-0.05, 0) is 43.8 Å². The zero-order chi connectivity index (χ0) is 14.7. The highest BCUT2D eigenvalue weighted by Crippen LogP contribution is 2.21. The van der Waals surface area contributed by atoms with Gasteiger partial charge in [-0.15, -0.1) is 0 Å². The molecule has 1 atom stereocenters. The number of carboxylic acid groups (broad SMARTS) is 1. The molecule has 0 spiro atoms. The highest BCUT2D eigenvalue weighted by molar-refractivity contribution is 5.87. The van der Waals surface area contributed by atoms with Crippen LogP contribution in [-0.4, -0.2) is 23.0 Å². The second-order valence-electron chi connectivity index (χ2n) is 4.73. The van der Waals surface area contributed by atoms with Crippen molar-refractivity contribution >= 4 is 5.97 Å². The molecule has 106 valence electrons. The van der Waals surface area contributed by atoms with Crippen LogP contribution < -0.4 is 0 Å². The molecule has 2 rings (SSSR count). The maximum absolute atomic E-state index is 13.6. The SMILES string of the molecule is CC(c1ccco1)N(C)Cc1ccc(C(=O)O)c(F)c1. The zero-order valence-corrected chi connectivity index (χ0v) is 11.3. The summed E-state index contributed by atoms with van der Waals surface area (Å²) in [7, 11) is 1.90. The Morgan fingerprint density at radius 3 is 2.75 bits per heavy atom. The first kappa shape index (κ1) is 14.3. The zero-order valence-electron chi connectivity index (χ0n) is 11.3. The Morgan fingerprint density at radius 1 is 1.45 bits per heavy atom. The first-order valence-corrected chi connectivity index (χ1v) is 6.24. The van der Waals surface area contributed by atoms with Gasteiger partial charge in [-0.3, -0.25) is 4.90 Å². The van der Waals surface area contributed by atoms with E-state index in [2.05, 4.69) is 0 Å². The highest BCUT2D eigenvalue weighted by atomic mass is 19.1. The fourth-order valence-electron chi connectivity index (χ4n) is 2.00. The fraction of sp³-hybridized carbons (Fsp3) is 0.267. The van der Waals surface area contributed by atoms with Crippen molar-refractivity contribution in [2.24, 2.45) is 0 Å². The fourth-order valence-corrected chi connectivity index (χ4v) is 2.00. The van der Waals surface area contributed by atoms with Crippen LogP contribution >= 0.6 is 0 Å². The first-order chi connectivity index (χ1) is 9.49. The third-order valence-corrected chi connectivity index (χ3v) is 3.31. The molecule has 0 radical (unpaired) electrons. The van der Waals surface area contributed by atoms with E-state index in [9.17, 15) is 9.18 Å². The molecule has 1 aromatic carbocycles. The van der Waals surface area contributed by atoms with Crippen LogP contribution in [0.25, 0.3) is 0 Å². The minimum absolute atomic E-state index is 0.0483. The molecular formula is C15H16FNO3. The first-order valence-electron chi connectivity index (χ1n) is 6.24. The Labute approximate surface area is 116 Å². The number of carboxylic acids is 1. The van der Waals surface area contributed by atoms with Crippen LogP contribution in [0, 0.1) is 5.82 Å². The molecule has 0 bridgehead atoms. The molecule has 2 aromatic rings. The van der Waals surface area contributed by atoms with E-state index in [0.29, 0.717) is 12.1 Å². The topological polar surface area (TPSA) is 53.7 Å². The van der Waals surface area contributed by atoms with E-state index >= 15 is 0 Å². The second-order valence-corrected chi connectivity index (χ2v) is 4.73. The van der Waals surface area contributed by atoms with E-state index in [1.807, 2.05) is 31.0 Å². The van der Waals surface area contributed by atoms with Gasteiger partial charge in [0.2, 0.25) is 0 Å². The maximum Gasteiger partial charge on any atom is 0.338 e. The molecule has 0 aliphatic carbocycles. The number of halogens is 1. The second kappa shape index (κ2) is 5.88. The summed E-state index contributed by atoms with van der Waals surface area (Å²) in [6, 6.07) is 7.92. The molecule has 0 aliphatic rings. The van der Waals surface area contributed by atoms with Crippen molar-refractivity contribution in [3.05, 3.63) is 59.3 Å². The van der Waals surface area contributed by atoms with Crippen molar-refractivity contribution < 1.29 is 18.7 Å². The standard InChI is InChI=1S/C15H16FNO3/c1-10(14-4-3-7-20-14)17(2)9-11-5-6-12(15(18)19)13(16)8-11/h3-8,10H,9H2,1-2H3,(H,18,19). The summed E-state index contributed by atoms with van der Waals surface area (Å²) >= 11 is 0. The van der Waals surface area contributed by atoms with Gasteiger partial charge in [-0.25, -0.2) is 9.18 Å². The molecule has 0 aliphatic heterocycles. The molecule has 1 N–H and O–H groups in total. The van der Waals surface area contributed by atoms with Crippen LogP contribution in [0.2, 0.25) is 0 Å². The molecular weight excluding hydrogens is 261 g/mol. The largest absolute Gasteiger partial charge is 0.478 e. The number of rotatable bonds is 5. The van der Waals surface area contributed by atoms with E-state index < -0.39 is 11.8 Å². The van der Waals surface area contributed by atoms with Gasteiger partial charge in [-0.2, -0.15) is 0 Å². The number of benzene rings is 1. The predicted octanol–water partition coefficient (Wildman–Crippen LogP) is 3.31. The van der Waals surface area contributed by atoms with Crippen molar-refractivity contribution in [2.75, 3.05) is 7.05 Å². The minimum Gasteiger partial charge on any atom is -0.478 e. The van der Waals surface area contributed by atoms with Gasteiger partial charge in [0.25, 0.3) is 0 Å². The lowest BCUT2D eigenvalue weighted by molar-refractivity contribution is 0.0692. The van der Waals surface area contributed by atoms with Crippen molar-refractivity contribution in [2.45, 2.75) is 19.5 Å². The minimum atomic E-state index is -1.26. The van der Waals surface area contributed by atoms with Crippen LogP contribution in [-0.2, 0) is 6.54 Å². The molecule has 4 nitrogen and oxygen atoms in total. The van der Waals surface area contributed by atoms with Crippen molar-refractivity contribution in [1.82, 2.24) is 4.90 Å². The van der Waals surface area contributed by atoms with E-state index in [0.717, 1.165) is 5.76 Å². The van der Waals surface area contributed by atoms with Crippen molar-refractivity contribution in [3.8, 4) is 0 Å². The molecule has 1 aromatic heterocycles. The lowest BCUT2D eigenvalue weighted by Crippen LogP contribution is -2.21. The summed E-state index contributed by atoms with van der Waals surface area (Å²) in [6.45, 7) is 2.49. The number of hydrogen-bond donors (Lipinski definition) is 1. The molecule has 0 saturated heterocycles. The van der Waals surface area contributed by atoms with Crippen LogP contribution in [0.1, 0.15) is 34.6 Å². The Balaban J connectivity index is 2.10. The van der Waals surface area contributed by atoms with Crippen LogP contribution in [0.4, 0.5) is 4.39 Å². The summed E-state index contributed by atoms with van der Waals surface area (Å²) in [5.41, 5.74) is 0.406. The smallest absolute Gasteiger partial charge is 0.338 e. The lowest BCUT2D eigenvalue weighted by atomic mass is 10.1. The van der Waals surface area contributed by atoms with Gasteiger partial charge in [-0.1, -0.05) is 6.07 Å². The van der Waals surface area contributed by atoms with Gasteiger partial charge in [0.1, 0.15) is 11.6 Å². The van der Waals surface area contributed by atoms with Crippen LogP contribution in [0.3, 0.4) is 0 Å². The lowest BCUT2D eigenvalue weighted by Gasteiger charge is -2.23. The monoisotopic (exact) mass is 277 g/mol. The van der Waals surface area contributed by atoms with E-state index in [1.165, 1.54) is 12.1 Å². The molecule has 0 fully saturated rings.